The molecule has 1 fully saturated rings. The SMILES string of the molecule is CNCCC(=O)Nc1ccc(C(=O)N(C)C2CCCCC2)cc1.Cl. The van der Waals surface area contributed by atoms with E-state index < -0.39 is 0 Å². The average molecular weight is 354 g/mol. The normalized spacial score (nSPS) is 14.6. The number of hydrogen-bond donors (Lipinski definition) is 2. The number of hydrogen-bond acceptors (Lipinski definition) is 3. The zero-order valence-electron chi connectivity index (χ0n) is 14.5. The van der Waals surface area contributed by atoms with Crippen LogP contribution in [0.15, 0.2) is 24.3 Å². The summed E-state index contributed by atoms with van der Waals surface area (Å²) in [5.74, 6) is 0.0303. The largest absolute Gasteiger partial charge is 0.339 e. The van der Waals surface area contributed by atoms with Crippen LogP contribution < -0.4 is 10.6 Å². The number of carbonyl (C=O) groups excluding carboxylic acids is 2. The summed E-state index contributed by atoms with van der Waals surface area (Å²) in [5, 5.41) is 5.77. The van der Waals surface area contributed by atoms with E-state index in [0.717, 1.165) is 18.5 Å². The minimum Gasteiger partial charge on any atom is -0.339 e. The number of amides is 2. The number of benzene rings is 1. The van der Waals surface area contributed by atoms with Gasteiger partial charge in [0.05, 0.1) is 0 Å². The van der Waals surface area contributed by atoms with Gasteiger partial charge in [0.25, 0.3) is 5.91 Å². The van der Waals surface area contributed by atoms with Crippen molar-refractivity contribution in [2.24, 2.45) is 0 Å². The molecule has 1 aliphatic rings. The number of nitrogens with zero attached hydrogens (tertiary/aromatic N) is 1. The number of anilines is 1. The first-order valence-corrected chi connectivity index (χ1v) is 8.43. The molecule has 0 unspecified atom stereocenters. The van der Waals surface area contributed by atoms with E-state index in [-0.39, 0.29) is 24.2 Å². The van der Waals surface area contributed by atoms with Crippen LogP contribution in [0.4, 0.5) is 5.69 Å². The fourth-order valence-corrected chi connectivity index (χ4v) is 3.00. The Kier molecular flexibility index (Phi) is 8.79. The third-order valence-electron chi connectivity index (χ3n) is 4.46. The molecule has 1 saturated carbocycles. The van der Waals surface area contributed by atoms with Crippen LogP contribution in [0.5, 0.6) is 0 Å². The van der Waals surface area contributed by atoms with Gasteiger partial charge in [0.1, 0.15) is 0 Å². The molecule has 1 aromatic rings. The average Bonchev–Trinajstić information content (AvgIpc) is 2.60. The lowest BCUT2D eigenvalue weighted by atomic mass is 9.94. The topological polar surface area (TPSA) is 61.4 Å². The van der Waals surface area contributed by atoms with Gasteiger partial charge >= 0.3 is 0 Å². The predicted octanol–water partition coefficient (Wildman–Crippen LogP) is 3.06. The van der Waals surface area contributed by atoms with Crippen molar-refractivity contribution in [1.82, 2.24) is 10.2 Å². The van der Waals surface area contributed by atoms with Crippen LogP contribution in [0.25, 0.3) is 0 Å². The van der Waals surface area contributed by atoms with Crippen LogP contribution >= 0.6 is 12.4 Å². The minimum absolute atomic E-state index is 0. The molecule has 1 aliphatic carbocycles. The Hall–Kier alpha value is -1.59. The van der Waals surface area contributed by atoms with Crippen molar-refractivity contribution in [3.63, 3.8) is 0 Å². The lowest BCUT2D eigenvalue weighted by molar-refractivity contribution is -0.116. The van der Waals surface area contributed by atoms with Crippen LogP contribution in [0.3, 0.4) is 0 Å². The molecule has 2 amide bonds. The van der Waals surface area contributed by atoms with Gasteiger partial charge in [-0.1, -0.05) is 19.3 Å². The van der Waals surface area contributed by atoms with Crippen LogP contribution in [0.2, 0.25) is 0 Å². The van der Waals surface area contributed by atoms with Gasteiger partial charge in [-0.25, -0.2) is 0 Å². The van der Waals surface area contributed by atoms with Gasteiger partial charge < -0.3 is 15.5 Å². The summed E-state index contributed by atoms with van der Waals surface area (Å²) in [4.78, 5) is 26.1. The van der Waals surface area contributed by atoms with Crippen molar-refractivity contribution in [2.45, 2.75) is 44.6 Å². The molecular formula is C18H28ClN3O2. The summed E-state index contributed by atoms with van der Waals surface area (Å²) in [6.07, 6.45) is 6.32. The van der Waals surface area contributed by atoms with Gasteiger partial charge in [0.2, 0.25) is 5.91 Å². The van der Waals surface area contributed by atoms with E-state index in [1.165, 1.54) is 19.3 Å². The van der Waals surface area contributed by atoms with Crippen LogP contribution in [0, 0.1) is 0 Å². The van der Waals surface area contributed by atoms with Crippen LogP contribution in [-0.2, 0) is 4.79 Å². The first kappa shape index (κ1) is 20.5. The van der Waals surface area contributed by atoms with Crippen molar-refractivity contribution in [3.8, 4) is 0 Å². The summed E-state index contributed by atoms with van der Waals surface area (Å²) in [5.41, 5.74) is 1.40. The second-order valence-electron chi connectivity index (χ2n) is 6.19. The highest BCUT2D eigenvalue weighted by molar-refractivity contribution is 5.95. The Morgan fingerprint density at radius 2 is 1.75 bits per heavy atom. The molecule has 134 valence electrons. The van der Waals surface area contributed by atoms with Crippen molar-refractivity contribution >= 4 is 29.9 Å². The van der Waals surface area contributed by atoms with Crippen molar-refractivity contribution in [3.05, 3.63) is 29.8 Å². The Labute approximate surface area is 150 Å². The lowest BCUT2D eigenvalue weighted by Crippen LogP contribution is -2.38. The van der Waals surface area contributed by atoms with E-state index in [1.807, 2.05) is 19.0 Å². The van der Waals surface area contributed by atoms with Crippen molar-refractivity contribution in [2.75, 3.05) is 26.0 Å². The highest BCUT2D eigenvalue weighted by atomic mass is 35.5. The summed E-state index contributed by atoms with van der Waals surface area (Å²) in [7, 11) is 3.71. The Balaban J connectivity index is 0.00000288. The second-order valence-corrected chi connectivity index (χ2v) is 6.19. The Bertz CT molecular complexity index is 528. The third-order valence-corrected chi connectivity index (χ3v) is 4.46. The molecule has 2 rings (SSSR count). The van der Waals surface area contributed by atoms with E-state index in [0.29, 0.717) is 24.6 Å². The minimum atomic E-state index is -0.0299. The van der Waals surface area contributed by atoms with E-state index in [1.54, 1.807) is 24.3 Å². The van der Waals surface area contributed by atoms with Crippen molar-refractivity contribution < 1.29 is 9.59 Å². The molecule has 2 N–H and O–H groups in total. The maximum Gasteiger partial charge on any atom is 0.253 e. The maximum absolute atomic E-state index is 12.5. The predicted molar refractivity (Wildman–Crippen MR) is 99.8 cm³/mol. The van der Waals surface area contributed by atoms with E-state index in [4.69, 9.17) is 0 Å². The molecular weight excluding hydrogens is 326 g/mol. The molecule has 0 aromatic heterocycles. The third kappa shape index (κ3) is 5.80. The van der Waals surface area contributed by atoms with E-state index >= 15 is 0 Å². The Morgan fingerprint density at radius 1 is 1.12 bits per heavy atom. The summed E-state index contributed by atoms with van der Waals surface area (Å²) in [6, 6.07) is 7.51. The van der Waals surface area contributed by atoms with Gasteiger partial charge in [0, 0.05) is 37.3 Å². The molecule has 0 heterocycles. The summed E-state index contributed by atoms with van der Waals surface area (Å²) in [6.45, 7) is 0.647. The Morgan fingerprint density at radius 3 is 2.33 bits per heavy atom. The van der Waals surface area contributed by atoms with E-state index in [9.17, 15) is 9.59 Å². The van der Waals surface area contributed by atoms with Gasteiger partial charge in [-0.2, -0.15) is 0 Å². The fourth-order valence-electron chi connectivity index (χ4n) is 3.00. The monoisotopic (exact) mass is 353 g/mol. The zero-order chi connectivity index (χ0) is 16.7. The molecule has 6 heteroatoms. The zero-order valence-corrected chi connectivity index (χ0v) is 15.3. The quantitative estimate of drug-likeness (QED) is 0.826. The fraction of sp³-hybridized carbons (Fsp3) is 0.556. The summed E-state index contributed by atoms with van der Waals surface area (Å²) < 4.78 is 0. The highest BCUT2D eigenvalue weighted by Crippen LogP contribution is 2.23. The first-order valence-electron chi connectivity index (χ1n) is 8.43. The molecule has 0 saturated heterocycles. The molecule has 0 spiro atoms. The van der Waals surface area contributed by atoms with Gasteiger partial charge in [-0.05, 0) is 44.2 Å². The van der Waals surface area contributed by atoms with Gasteiger partial charge in [-0.3, -0.25) is 9.59 Å². The van der Waals surface area contributed by atoms with Crippen molar-refractivity contribution in [1.29, 1.82) is 0 Å². The number of halogens is 1. The molecule has 24 heavy (non-hydrogen) atoms. The molecule has 0 bridgehead atoms. The standard InChI is InChI=1S/C18H27N3O2.ClH/c1-19-13-12-17(22)20-15-10-8-14(9-11-15)18(23)21(2)16-6-4-3-5-7-16;/h8-11,16,19H,3-7,12-13H2,1-2H3,(H,20,22);1H. The molecule has 5 nitrogen and oxygen atoms in total. The second kappa shape index (κ2) is 10.3. The number of carbonyl (C=O) groups is 2. The summed E-state index contributed by atoms with van der Waals surface area (Å²) >= 11 is 0. The maximum atomic E-state index is 12.5. The molecule has 0 aliphatic heterocycles. The van der Waals surface area contributed by atoms with Gasteiger partial charge in [-0.15, -0.1) is 12.4 Å². The number of rotatable bonds is 6. The molecule has 1 aromatic carbocycles. The van der Waals surface area contributed by atoms with E-state index in [2.05, 4.69) is 10.6 Å². The molecule has 0 radical (unpaired) electrons. The lowest BCUT2D eigenvalue weighted by Gasteiger charge is -2.31. The molecule has 0 atom stereocenters. The van der Waals surface area contributed by atoms with Crippen LogP contribution in [-0.4, -0.2) is 43.4 Å². The van der Waals surface area contributed by atoms with Gasteiger partial charge in [0.15, 0.2) is 0 Å². The smallest absolute Gasteiger partial charge is 0.253 e. The first-order chi connectivity index (χ1) is 11.1. The number of nitrogens with one attached hydrogen (secondary N) is 2. The van der Waals surface area contributed by atoms with Crippen LogP contribution in [0.1, 0.15) is 48.9 Å². The highest BCUT2D eigenvalue weighted by Gasteiger charge is 2.22.